The van der Waals surface area contributed by atoms with Crippen LogP contribution < -0.4 is 0 Å². The number of nitro groups is 1. The Hall–Kier alpha value is -1.69. The number of ether oxygens (including phenoxy) is 1. The molecular formula is C11H11ClFNO4. The number of rotatable bonds is 5. The van der Waals surface area contributed by atoms with E-state index in [-0.39, 0.29) is 23.6 Å². The average molecular weight is 276 g/mol. The maximum atomic E-state index is 13.7. The van der Waals surface area contributed by atoms with Crippen LogP contribution in [0.3, 0.4) is 0 Å². The first-order valence-corrected chi connectivity index (χ1v) is 5.70. The van der Waals surface area contributed by atoms with Crippen molar-refractivity contribution in [3.05, 3.63) is 39.2 Å². The summed E-state index contributed by atoms with van der Waals surface area (Å²) in [5.41, 5.74) is -0.459. The molecule has 0 bridgehead atoms. The highest BCUT2D eigenvalue weighted by Crippen LogP contribution is 2.25. The minimum absolute atomic E-state index is 0.0442. The maximum Gasteiger partial charge on any atom is 0.310 e. The summed E-state index contributed by atoms with van der Waals surface area (Å²) in [5, 5.41) is 10.8. The molecule has 0 fully saturated rings. The molecule has 0 aliphatic heterocycles. The van der Waals surface area contributed by atoms with E-state index in [0.29, 0.717) is 0 Å². The Kier molecular flexibility index (Phi) is 5.03. The molecule has 0 heterocycles. The van der Waals surface area contributed by atoms with Gasteiger partial charge in [0.2, 0.25) is 0 Å². The molecule has 1 aromatic rings. The molecule has 1 rings (SSSR count). The largest absolute Gasteiger partial charge is 0.466 e. The average Bonchev–Trinajstić information content (AvgIpc) is 2.31. The number of hydrogen-bond donors (Lipinski definition) is 0. The molecule has 0 atom stereocenters. The summed E-state index contributed by atoms with van der Waals surface area (Å²) in [6.45, 7) is 1.73. The van der Waals surface area contributed by atoms with Gasteiger partial charge in [-0.1, -0.05) is 0 Å². The number of nitrogens with zero attached hydrogens (tertiary/aromatic N) is 1. The number of alkyl halides is 1. The minimum atomic E-state index is -0.826. The maximum absolute atomic E-state index is 13.7. The fraction of sp³-hybridized carbons (Fsp3) is 0.364. The summed E-state index contributed by atoms with van der Waals surface area (Å²) in [5.74, 6) is -1.58. The quantitative estimate of drug-likeness (QED) is 0.358. The molecule has 0 aliphatic rings. The van der Waals surface area contributed by atoms with Gasteiger partial charge in [0, 0.05) is 11.9 Å². The molecule has 0 saturated carbocycles. The molecular weight excluding hydrogens is 265 g/mol. The monoisotopic (exact) mass is 275 g/mol. The SMILES string of the molecule is CCOC(=O)Cc1c(F)cc(CCl)cc1[N+](=O)[O-]. The number of benzene rings is 1. The smallest absolute Gasteiger partial charge is 0.310 e. The highest BCUT2D eigenvalue weighted by Gasteiger charge is 2.22. The van der Waals surface area contributed by atoms with E-state index in [1.54, 1.807) is 6.92 Å². The van der Waals surface area contributed by atoms with Crippen LogP contribution in [0.1, 0.15) is 18.1 Å². The number of halogens is 2. The van der Waals surface area contributed by atoms with Crippen molar-refractivity contribution >= 4 is 23.3 Å². The second-order valence-corrected chi connectivity index (χ2v) is 3.72. The van der Waals surface area contributed by atoms with Crippen LogP contribution in [0.2, 0.25) is 0 Å². The van der Waals surface area contributed by atoms with E-state index >= 15 is 0 Å². The molecule has 0 amide bonds. The van der Waals surface area contributed by atoms with Crippen molar-refractivity contribution in [2.24, 2.45) is 0 Å². The number of hydrogen-bond acceptors (Lipinski definition) is 4. The van der Waals surface area contributed by atoms with Crippen LogP contribution in [0.25, 0.3) is 0 Å². The lowest BCUT2D eigenvalue weighted by atomic mass is 10.1. The van der Waals surface area contributed by atoms with E-state index in [1.165, 1.54) is 0 Å². The van der Waals surface area contributed by atoms with Gasteiger partial charge in [-0.05, 0) is 18.6 Å². The Balaban J connectivity index is 3.16. The van der Waals surface area contributed by atoms with Gasteiger partial charge in [-0.3, -0.25) is 14.9 Å². The number of carbonyl (C=O) groups is 1. The summed E-state index contributed by atoms with van der Waals surface area (Å²) >= 11 is 5.50. The summed E-state index contributed by atoms with van der Waals surface area (Å²) in [6.07, 6.45) is -0.474. The third-order valence-electron chi connectivity index (χ3n) is 2.21. The van der Waals surface area contributed by atoms with Crippen LogP contribution in [0.4, 0.5) is 10.1 Å². The van der Waals surface area contributed by atoms with Crippen molar-refractivity contribution in [2.45, 2.75) is 19.2 Å². The van der Waals surface area contributed by atoms with Gasteiger partial charge >= 0.3 is 5.97 Å². The summed E-state index contributed by atoms with van der Waals surface area (Å²) in [6, 6.07) is 2.24. The molecule has 0 unspecified atom stereocenters. The normalized spacial score (nSPS) is 10.2. The zero-order chi connectivity index (χ0) is 13.7. The molecule has 0 N–H and O–H groups in total. The Morgan fingerprint density at radius 1 is 1.56 bits per heavy atom. The van der Waals surface area contributed by atoms with E-state index in [9.17, 15) is 19.3 Å². The van der Waals surface area contributed by atoms with E-state index in [1.807, 2.05) is 0 Å². The summed E-state index contributed by atoms with van der Waals surface area (Å²) in [7, 11) is 0. The lowest BCUT2D eigenvalue weighted by Gasteiger charge is -2.06. The van der Waals surface area contributed by atoms with Gasteiger partial charge in [0.1, 0.15) is 5.82 Å². The van der Waals surface area contributed by atoms with Crippen LogP contribution in [0, 0.1) is 15.9 Å². The van der Waals surface area contributed by atoms with E-state index < -0.39 is 28.8 Å². The standard InChI is InChI=1S/C11H11ClFNO4/c1-2-18-11(15)5-8-9(13)3-7(6-12)4-10(8)14(16)17/h3-4H,2,5-6H2,1H3. The van der Waals surface area contributed by atoms with Crippen molar-refractivity contribution in [2.75, 3.05) is 6.61 Å². The van der Waals surface area contributed by atoms with Gasteiger partial charge in [-0.2, -0.15) is 0 Å². The Morgan fingerprint density at radius 3 is 2.72 bits per heavy atom. The highest BCUT2D eigenvalue weighted by atomic mass is 35.5. The lowest BCUT2D eigenvalue weighted by molar-refractivity contribution is -0.385. The van der Waals surface area contributed by atoms with Crippen LogP contribution in [0.5, 0.6) is 0 Å². The van der Waals surface area contributed by atoms with Gasteiger partial charge in [-0.25, -0.2) is 4.39 Å². The lowest BCUT2D eigenvalue weighted by Crippen LogP contribution is -2.11. The molecule has 0 radical (unpaired) electrons. The van der Waals surface area contributed by atoms with Crippen molar-refractivity contribution in [1.29, 1.82) is 0 Å². The predicted molar refractivity (Wildman–Crippen MR) is 62.9 cm³/mol. The second-order valence-electron chi connectivity index (χ2n) is 3.45. The Bertz CT molecular complexity index is 478. The van der Waals surface area contributed by atoms with Crippen LogP contribution in [0.15, 0.2) is 12.1 Å². The fourth-order valence-electron chi connectivity index (χ4n) is 1.45. The Morgan fingerprint density at radius 2 is 2.22 bits per heavy atom. The summed E-state index contributed by atoms with van der Waals surface area (Å²) < 4.78 is 18.3. The van der Waals surface area contributed by atoms with Crippen molar-refractivity contribution < 1.29 is 18.8 Å². The predicted octanol–water partition coefficient (Wildman–Crippen LogP) is 2.58. The van der Waals surface area contributed by atoms with Gasteiger partial charge in [-0.15, -0.1) is 11.6 Å². The molecule has 7 heteroatoms. The van der Waals surface area contributed by atoms with E-state index in [0.717, 1.165) is 12.1 Å². The van der Waals surface area contributed by atoms with Crippen LogP contribution in [-0.2, 0) is 21.8 Å². The number of esters is 1. The first kappa shape index (κ1) is 14.4. The molecule has 5 nitrogen and oxygen atoms in total. The third-order valence-corrected chi connectivity index (χ3v) is 2.52. The topological polar surface area (TPSA) is 69.4 Å². The molecule has 18 heavy (non-hydrogen) atoms. The first-order chi connectivity index (χ1) is 8.49. The Labute approximate surface area is 108 Å². The van der Waals surface area contributed by atoms with E-state index in [4.69, 9.17) is 11.6 Å². The number of carbonyl (C=O) groups excluding carboxylic acids is 1. The summed E-state index contributed by atoms with van der Waals surface area (Å²) in [4.78, 5) is 21.3. The molecule has 0 aliphatic carbocycles. The molecule has 0 spiro atoms. The first-order valence-electron chi connectivity index (χ1n) is 5.16. The number of nitro benzene ring substituents is 1. The van der Waals surface area contributed by atoms with Crippen molar-refractivity contribution in [3.8, 4) is 0 Å². The van der Waals surface area contributed by atoms with Crippen molar-refractivity contribution in [1.82, 2.24) is 0 Å². The zero-order valence-electron chi connectivity index (χ0n) is 9.61. The highest BCUT2D eigenvalue weighted by molar-refractivity contribution is 6.17. The molecule has 0 saturated heterocycles. The molecule has 1 aromatic carbocycles. The van der Waals surface area contributed by atoms with E-state index in [2.05, 4.69) is 4.74 Å². The van der Waals surface area contributed by atoms with Gasteiger partial charge in [0.25, 0.3) is 5.69 Å². The van der Waals surface area contributed by atoms with Gasteiger partial charge in [0.15, 0.2) is 0 Å². The van der Waals surface area contributed by atoms with Gasteiger partial charge in [0.05, 0.1) is 23.5 Å². The fourth-order valence-corrected chi connectivity index (χ4v) is 1.60. The second kappa shape index (κ2) is 6.30. The van der Waals surface area contributed by atoms with Gasteiger partial charge < -0.3 is 4.74 Å². The molecule has 98 valence electrons. The van der Waals surface area contributed by atoms with Crippen molar-refractivity contribution in [3.63, 3.8) is 0 Å². The zero-order valence-corrected chi connectivity index (χ0v) is 10.4. The molecule has 0 aromatic heterocycles. The third kappa shape index (κ3) is 3.40. The van der Waals surface area contributed by atoms with Crippen LogP contribution in [-0.4, -0.2) is 17.5 Å². The minimum Gasteiger partial charge on any atom is -0.466 e. The van der Waals surface area contributed by atoms with Crippen LogP contribution >= 0.6 is 11.6 Å².